The molecule has 0 aliphatic carbocycles. The summed E-state index contributed by atoms with van der Waals surface area (Å²) in [6.07, 6.45) is -1.28. The Morgan fingerprint density at radius 1 is 1.37 bits per heavy atom. The fourth-order valence-electron chi connectivity index (χ4n) is 1.54. The topological polar surface area (TPSA) is 50.9 Å². The summed E-state index contributed by atoms with van der Waals surface area (Å²) < 4.78 is 38.9. The minimum Gasteiger partial charge on any atom is -0.382 e. The van der Waals surface area contributed by atoms with Gasteiger partial charge in [-0.15, -0.1) is 0 Å². The van der Waals surface area contributed by atoms with Crippen molar-refractivity contribution in [3.8, 4) is 11.4 Å². The highest BCUT2D eigenvalue weighted by Gasteiger charge is 2.38. The van der Waals surface area contributed by atoms with E-state index in [1.807, 2.05) is 0 Å². The average Bonchev–Trinajstić information content (AvgIpc) is 2.76. The van der Waals surface area contributed by atoms with Crippen LogP contribution in [0.1, 0.15) is 0 Å². The molecule has 4 nitrogen and oxygen atoms in total. The summed E-state index contributed by atoms with van der Waals surface area (Å²) in [5, 5.41) is 9.08. The van der Waals surface area contributed by atoms with E-state index in [1.54, 1.807) is 12.3 Å². The van der Waals surface area contributed by atoms with Crippen molar-refractivity contribution in [3.05, 3.63) is 35.3 Å². The molecule has 0 saturated carbocycles. The Labute approximate surface area is 115 Å². The van der Waals surface area contributed by atoms with Gasteiger partial charge in [0.15, 0.2) is 6.10 Å². The number of aromatic nitrogens is 3. The molecule has 2 aromatic rings. The highest BCUT2D eigenvalue weighted by Crippen LogP contribution is 2.24. The quantitative estimate of drug-likeness (QED) is 0.938. The number of aliphatic hydroxyl groups excluding tert-OH is 1. The van der Waals surface area contributed by atoms with Crippen LogP contribution in [0.15, 0.2) is 35.3 Å². The van der Waals surface area contributed by atoms with E-state index in [-0.39, 0.29) is 0 Å². The zero-order valence-electron chi connectivity index (χ0n) is 9.47. The molecule has 1 N–H and O–H groups in total. The van der Waals surface area contributed by atoms with Crippen molar-refractivity contribution in [2.45, 2.75) is 18.8 Å². The predicted molar refractivity (Wildman–Crippen MR) is 65.2 cm³/mol. The van der Waals surface area contributed by atoms with Crippen LogP contribution in [0.5, 0.6) is 0 Å². The summed E-state index contributed by atoms with van der Waals surface area (Å²) in [6.45, 7) is -0.606. The Morgan fingerprint density at radius 2 is 2.11 bits per heavy atom. The van der Waals surface area contributed by atoms with Gasteiger partial charge < -0.3 is 9.67 Å². The second-order valence-electron chi connectivity index (χ2n) is 3.85. The maximum Gasteiger partial charge on any atom is 0.416 e. The van der Waals surface area contributed by atoms with Crippen molar-refractivity contribution in [1.82, 2.24) is 14.5 Å². The Kier molecular flexibility index (Phi) is 3.91. The summed E-state index contributed by atoms with van der Waals surface area (Å²) >= 11 is 3.23. The van der Waals surface area contributed by atoms with Gasteiger partial charge in [-0.1, -0.05) is 0 Å². The molecular formula is C11H9BrF3N3O. The molecule has 0 aliphatic rings. The van der Waals surface area contributed by atoms with Crippen LogP contribution < -0.4 is 0 Å². The number of hydrogen-bond acceptors (Lipinski definition) is 3. The van der Waals surface area contributed by atoms with E-state index in [4.69, 9.17) is 5.11 Å². The van der Waals surface area contributed by atoms with E-state index < -0.39 is 18.8 Å². The molecule has 0 saturated heterocycles. The second-order valence-corrected chi connectivity index (χ2v) is 4.77. The van der Waals surface area contributed by atoms with Gasteiger partial charge in [-0.25, -0.2) is 4.98 Å². The molecular weight excluding hydrogens is 327 g/mol. The normalized spacial score (nSPS) is 13.5. The summed E-state index contributed by atoms with van der Waals surface area (Å²) in [5.41, 5.74) is 0.564. The van der Waals surface area contributed by atoms with E-state index >= 15 is 0 Å². The zero-order valence-corrected chi connectivity index (χ0v) is 11.1. The van der Waals surface area contributed by atoms with Gasteiger partial charge in [0.05, 0.1) is 6.54 Å². The van der Waals surface area contributed by atoms with E-state index in [0.717, 1.165) is 0 Å². The largest absolute Gasteiger partial charge is 0.416 e. The van der Waals surface area contributed by atoms with E-state index in [9.17, 15) is 13.2 Å². The lowest BCUT2D eigenvalue weighted by Crippen LogP contribution is -2.32. The van der Waals surface area contributed by atoms with Crippen molar-refractivity contribution in [3.63, 3.8) is 0 Å². The van der Waals surface area contributed by atoms with Crippen LogP contribution >= 0.6 is 15.9 Å². The van der Waals surface area contributed by atoms with Crippen molar-refractivity contribution >= 4 is 15.9 Å². The summed E-state index contributed by atoms with van der Waals surface area (Å²) in [5.74, 6) is 0.317. The molecule has 2 rings (SSSR count). The Morgan fingerprint density at radius 3 is 2.74 bits per heavy atom. The number of hydrogen-bond donors (Lipinski definition) is 1. The maximum absolute atomic E-state index is 12.3. The van der Waals surface area contributed by atoms with Gasteiger partial charge in [0.1, 0.15) is 5.82 Å². The number of alkyl halides is 3. The molecule has 2 heterocycles. The lowest BCUT2D eigenvalue weighted by Gasteiger charge is -2.16. The molecule has 19 heavy (non-hydrogen) atoms. The SMILES string of the molecule is OC(Cn1ccnc1-c1cncc(Br)c1)C(F)(F)F. The van der Waals surface area contributed by atoms with Crippen LogP contribution in [-0.2, 0) is 6.54 Å². The first-order valence-corrected chi connectivity index (χ1v) is 6.04. The monoisotopic (exact) mass is 335 g/mol. The van der Waals surface area contributed by atoms with Gasteiger partial charge >= 0.3 is 6.18 Å². The van der Waals surface area contributed by atoms with Gasteiger partial charge in [0.25, 0.3) is 0 Å². The third kappa shape index (κ3) is 3.32. The number of aliphatic hydroxyl groups is 1. The molecule has 0 bridgehead atoms. The fraction of sp³-hybridized carbons (Fsp3) is 0.273. The maximum atomic E-state index is 12.3. The number of rotatable bonds is 3. The van der Waals surface area contributed by atoms with Crippen LogP contribution in [0.4, 0.5) is 13.2 Å². The molecule has 102 valence electrons. The van der Waals surface area contributed by atoms with Crippen LogP contribution in [0.2, 0.25) is 0 Å². The molecule has 2 aromatic heterocycles. The van der Waals surface area contributed by atoms with E-state index in [1.165, 1.54) is 23.2 Å². The molecule has 0 spiro atoms. The third-order valence-corrected chi connectivity index (χ3v) is 2.86. The van der Waals surface area contributed by atoms with Gasteiger partial charge in [-0.05, 0) is 22.0 Å². The Balaban J connectivity index is 2.28. The van der Waals surface area contributed by atoms with Crippen molar-refractivity contribution < 1.29 is 18.3 Å². The highest BCUT2D eigenvalue weighted by molar-refractivity contribution is 9.10. The number of halogens is 4. The van der Waals surface area contributed by atoms with Gasteiger partial charge in [-0.3, -0.25) is 4.98 Å². The van der Waals surface area contributed by atoms with Gasteiger partial charge in [-0.2, -0.15) is 13.2 Å². The van der Waals surface area contributed by atoms with Crippen LogP contribution in [0.25, 0.3) is 11.4 Å². The molecule has 0 fully saturated rings. The van der Waals surface area contributed by atoms with Crippen LogP contribution in [0, 0.1) is 0 Å². The van der Waals surface area contributed by atoms with Crippen LogP contribution in [0.3, 0.4) is 0 Å². The minimum atomic E-state index is -4.66. The zero-order chi connectivity index (χ0) is 14.0. The molecule has 1 unspecified atom stereocenters. The van der Waals surface area contributed by atoms with Crippen molar-refractivity contribution in [2.24, 2.45) is 0 Å². The van der Waals surface area contributed by atoms with E-state index in [0.29, 0.717) is 15.9 Å². The second kappa shape index (κ2) is 5.30. The Hall–Kier alpha value is -1.41. The summed E-state index contributed by atoms with van der Waals surface area (Å²) in [6, 6.07) is 1.69. The third-order valence-electron chi connectivity index (χ3n) is 2.43. The number of pyridine rings is 1. The molecule has 0 aliphatic heterocycles. The molecule has 8 heteroatoms. The lowest BCUT2D eigenvalue weighted by atomic mass is 10.2. The van der Waals surface area contributed by atoms with Crippen molar-refractivity contribution in [1.29, 1.82) is 0 Å². The molecule has 0 amide bonds. The first kappa shape index (κ1) is 14.0. The van der Waals surface area contributed by atoms with Crippen molar-refractivity contribution in [2.75, 3.05) is 0 Å². The molecule has 1 atom stereocenters. The average molecular weight is 336 g/mol. The lowest BCUT2D eigenvalue weighted by molar-refractivity contribution is -0.207. The minimum absolute atomic E-state index is 0.317. The number of nitrogens with zero attached hydrogens (tertiary/aromatic N) is 3. The highest BCUT2D eigenvalue weighted by atomic mass is 79.9. The fourth-order valence-corrected chi connectivity index (χ4v) is 1.91. The summed E-state index contributed by atoms with van der Waals surface area (Å²) in [7, 11) is 0. The standard InChI is InChI=1S/C11H9BrF3N3O/c12-8-3-7(4-16-5-8)10-17-1-2-18(10)6-9(19)11(13,14)15/h1-5,9,19H,6H2. The first-order valence-electron chi connectivity index (χ1n) is 5.25. The summed E-state index contributed by atoms with van der Waals surface area (Å²) in [4.78, 5) is 7.91. The smallest absolute Gasteiger partial charge is 0.382 e. The first-order chi connectivity index (χ1) is 8.88. The predicted octanol–water partition coefficient (Wildman–Crippen LogP) is 2.63. The van der Waals surface area contributed by atoms with Crippen LogP contribution in [-0.4, -0.2) is 31.9 Å². The van der Waals surface area contributed by atoms with Gasteiger partial charge in [0, 0.05) is 34.8 Å². The molecule has 0 aromatic carbocycles. The Bertz CT molecular complexity index is 570. The van der Waals surface area contributed by atoms with E-state index in [2.05, 4.69) is 25.9 Å². The van der Waals surface area contributed by atoms with Gasteiger partial charge in [0.2, 0.25) is 0 Å². The molecule has 0 radical (unpaired) electrons. The number of imidazole rings is 1.